The van der Waals surface area contributed by atoms with Crippen LogP contribution in [0.3, 0.4) is 0 Å². The summed E-state index contributed by atoms with van der Waals surface area (Å²) in [6.07, 6.45) is 7.38. The van der Waals surface area contributed by atoms with Crippen molar-refractivity contribution in [3.05, 3.63) is 0 Å². The fraction of sp³-hybridized carbons (Fsp3) is 1.00. The van der Waals surface area contributed by atoms with Crippen LogP contribution in [-0.4, -0.2) is 38.0 Å². The van der Waals surface area contributed by atoms with E-state index in [-0.39, 0.29) is 11.2 Å². The minimum atomic E-state index is -0.0429. The molecule has 1 saturated carbocycles. The molecule has 1 N–H and O–H groups in total. The first kappa shape index (κ1) is 14.3. The monoisotopic (exact) mass is 255 g/mol. The largest absolute Gasteiger partial charge is 0.379 e. The first-order valence-corrected chi connectivity index (χ1v) is 7.37. The van der Waals surface area contributed by atoms with Gasteiger partial charge in [-0.3, -0.25) is 0 Å². The van der Waals surface area contributed by atoms with Crippen molar-refractivity contribution < 1.29 is 9.47 Å². The molecule has 18 heavy (non-hydrogen) atoms. The van der Waals surface area contributed by atoms with Crippen LogP contribution in [0.15, 0.2) is 0 Å². The van der Waals surface area contributed by atoms with Crippen molar-refractivity contribution in [3.8, 4) is 0 Å². The van der Waals surface area contributed by atoms with Gasteiger partial charge in [0.15, 0.2) is 0 Å². The summed E-state index contributed by atoms with van der Waals surface area (Å²) in [5, 5.41) is 3.51. The highest BCUT2D eigenvalue weighted by Crippen LogP contribution is 2.45. The zero-order valence-electron chi connectivity index (χ0n) is 12.4. The minimum absolute atomic E-state index is 0.0429. The molecular weight excluding hydrogens is 226 g/mol. The molecule has 1 aliphatic heterocycles. The summed E-state index contributed by atoms with van der Waals surface area (Å²) in [5.41, 5.74) is 0.202. The topological polar surface area (TPSA) is 30.5 Å². The summed E-state index contributed by atoms with van der Waals surface area (Å²) in [7, 11) is 3.89. The minimum Gasteiger partial charge on any atom is -0.379 e. The molecule has 2 rings (SSSR count). The van der Waals surface area contributed by atoms with Crippen molar-refractivity contribution in [2.75, 3.05) is 20.8 Å². The van der Waals surface area contributed by atoms with Gasteiger partial charge in [0, 0.05) is 19.8 Å². The van der Waals surface area contributed by atoms with Gasteiger partial charge in [-0.1, -0.05) is 0 Å². The third kappa shape index (κ3) is 3.06. The average Bonchev–Trinajstić information content (AvgIpc) is 2.34. The van der Waals surface area contributed by atoms with Gasteiger partial charge >= 0.3 is 0 Å². The van der Waals surface area contributed by atoms with E-state index in [9.17, 15) is 0 Å². The second-order valence-corrected chi connectivity index (χ2v) is 6.70. The summed E-state index contributed by atoms with van der Waals surface area (Å²) < 4.78 is 11.6. The SMILES string of the molecule is CNC(CC(C)(C)OC)C1CCOC2(CCC2)C1. The van der Waals surface area contributed by atoms with Crippen molar-refractivity contribution >= 4 is 0 Å². The quantitative estimate of drug-likeness (QED) is 0.819. The molecule has 1 saturated heterocycles. The first-order chi connectivity index (χ1) is 8.50. The fourth-order valence-corrected chi connectivity index (χ4v) is 3.45. The van der Waals surface area contributed by atoms with Crippen LogP contribution in [0.25, 0.3) is 0 Å². The molecule has 2 unspecified atom stereocenters. The van der Waals surface area contributed by atoms with E-state index in [1.807, 2.05) is 7.11 Å². The van der Waals surface area contributed by atoms with Crippen LogP contribution in [0.1, 0.15) is 52.4 Å². The van der Waals surface area contributed by atoms with Crippen LogP contribution in [0.5, 0.6) is 0 Å². The number of ether oxygens (including phenoxy) is 2. The number of nitrogens with one attached hydrogen (secondary N) is 1. The number of rotatable bonds is 5. The van der Waals surface area contributed by atoms with Crippen LogP contribution >= 0.6 is 0 Å². The van der Waals surface area contributed by atoms with Crippen molar-refractivity contribution in [1.82, 2.24) is 5.32 Å². The maximum Gasteiger partial charge on any atom is 0.0685 e. The third-order valence-corrected chi connectivity index (χ3v) is 5.00. The molecule has 3 heteroatoms. The molecule has 0 amide bonds. The van der Waals surface area contributed by atoms with Crippen molar-refractivity contribution in [2.24, 2.45) is 5.92 Å². The number of hydrogen-bond acceptors (Lipinski definition) is 3. The summed E-state index contributed by atoms with van der Waals surface area (Å²) in [5.74, 6) is 0.735. The molecule has 2 atom stereocenters. The molecular formula is C15H29NO2. The van der Waals surface area contributed by atoms with Crippen LogP contribution in [-0.2, 0) is 9.47 Å². The molecule has 0 aromatic heterocycles. The lowest BCUT2D eigenvalue weighted by molar-refractivity contribution is -0.149. The Balaban J connectivity index is 1.94. The molecule has 1 spiro atoms. The van der Waals surface area contributed by atoms with E-state index in [1.165, 1.54) is 32.1 Å². The van der Waals surface area contributed by atoms with Crippen molar-refractivity contribution in [2.45, 2.75) is 69.6 Å². The van der Waals surface area contributed by atoms with E-state index in [1.54, 1.807) is 0 Å². The highest BCUT2D eigenvalue weighted by Gasteiger charge is 2.44. The summed E-state index contributed by atoms with van der Waals surface area (Å²) >= 11 is 0. The van der Waals surface area contributed by atoms with E-state index in [0.29, 0.717) is 6.04 Å². The highest BCUT2D eigenvalue weighted by molar-refractivity contribution is 4.97. The Hall–Kier alpha value is -0.120. The molecule has 2 fully saturated rings. The van der Waals surface area contributed by atoms with Crippen LogP contribution < -0.4 is 5.32 Å². The third-order valence-electron chi connectivity index (χ3n) is 5.00. The van der Waals surface area contributed by atoms with Crippen LogP contribution in [0.4, 0.5) is 0 Å². The highest BCUT2D eigenvalue weighted by atomic mass is 16.5. The molecule has 0 radical (unpaired) electrons. The van der Waals surface area contributed by atoms with Gasteiger partial charge in [0.1, 0.15) is 0 Å². The predicted octanol–water partition coefficient (Wildman–Crippen LogP) is 2.74. The van der Waals surface area contributed by atoms with Crippen molar-refractivity contribution in [3.63, 3.8) is 0 Å². The average molecular weight is 255 g/mol. The van der Waals surface area contributed by atoms with Gasteiger partial charge in [-0.05, 0) is 65.3 Å². The normalized spacial score (nSPS) is 29.0. The number of methoxy groups -OCH3 is 1. The molecule has 3 nitrogen and oxygen atoms in total. The van der Waals surface area contributed by atoms with E-state index in [0.717, 1.165) is 18.9 Å². The molecule has 0 aromatic carbocycles. The molecule has 1 heterocycles. The van der Waals surface area contributed by atoms with Crippen LogP contribution in [0, 0.1) is 5.92 Å². The van der Waals surface area contributed by atoms with Gasteiger partial charge in [0.05, 0.1) is 11.2 Å². The molecule has 0 bridgehead atoms. The van der Waals surface area contributed by atoms with E-state index >= 15 is 0 Å². The smallest absolute Gasteiger partial charge is 0.0685 e. The van der Waals surface area contributed by atoms with E-state index in [4.69, 9.17) is 9.47 Å². The second-order valence-electron chi connectivity index (χ2n) is 6.70. The van der Waals surface area contributed by atoms with E-state index in [2.05, 4.69) is 26.2 Å². The lowest BCUT2D eigenvalue weighted by Gasteiger charge is -2.49. The second kappa shape index (κ2) is 5.48. The Labute approximate surface area is 112 Å². The Morgan fingerprint density at radius 3 is 2.67 bits per heavy atom. The van der Waals surface area contributed by atoms with Gasteiger partial charge in [-0.25, -0.2) is 0 Å². The molecule has 0 aromatic rings. The number of hydrogen-bond donors (Lipinski definition) is 1. The van der Waals surface area contributed by atoms with Gasteiger partial charge in [-0.2, -0.15) is 0 Å². The summed E-state index contributed by atoms with van der Waals surface area (Å²) in [6, 6.07) is 0.543. The Kier molecular flexibility index (Phi) is 4.35. The van der Waals surface area contributed by atoms with Gasteiger partial charge in [0.25, 0.3) is 0 Å². The zero-order chi connectivity index (χ0) is 13.2. The molecule has 2 aliphatic rings. The van der Waals surface area contributed by atoms with Crippen LogP contribution in [0.2, 0.25) is 0 Å². The molecule has 106 valence electrons. The Morgan fingerprint density at radius 1 is 1.44 bits per heavy atom. The maximum atomic E-state index is 6.02. The van der Waals surface area contributed by atoms with Gasteiger partial charge < -0.3 is 14.8 Å². The zero-order valence-corrected chi connectivity index (χ0v) is 12.4. The summed E-state index contributed by atoms with van der Waals surface area (Å²) in [6.45, 7) is 5.29. The Bertz CT molecular complexity index is 272. The summed E-state index contributed by atoms with van der Waals surface area (Å²) in [4.78, 5) is 0. The maximum absolute atomic E-state index is 6.02. The lowest BCUT2D eigenvalue weighted by atomic mass is 9.69. The lowest BCUT2D eigenvalue weighted by Crippen LogP contribution is -2.51. The standard InChI is InChI=1S/C15H29NO2/c1-14(2,17-4)11-13(16-3)12-6-9-18-15(10-12)7-5-8-15/h12-13,16H,5-11H2,1-4H3. The van der Waals surface area contributed by atoms with Gasteiger partial charge in [0.2, 0.25) is 0 Å². The fourth-order valence-electron chi connectivity index (χ4n) is 3.45. The van der Waals surface area contributed by atoms with Gasteiger partial charge in [-0.15, -0.1) is 0 Å². The Morgan fingerprint density at radius 2 is 2.17 bits per heavy atom. The molecule has 1 aliphatic carbocycles. The van der Waals surface area contributed by atoms with Crippen molar-refractivity contribution in [1.29, 1.82) is 0 Å². The predicted molar refractivity (Wildman–Crippen MR) is 73.8 cm³/mol. The first-order valence-electron chi connectivity index (χ1n) is 7.37. The van der Waals surface area contributed by atoms with E-state index < -0.39 is 0 Å².